The van der Waals surface area contributed by atoms with E-state index < -0.39 is 12.2 Å². The minimum absolute atomic E-state index is 0.0344. The molecular formula is C7H4ClF2N3O. The molecule has 2 rings (SSSR count). The first kappa shape index (κ1) is 9.14. The standard InChI is InChI=1S/C7H4ClF2N3O/c8-3-1-4-6(11-2-3)12-7(5(9)10)13(4)14/h1-2,5,14H. The molecule has 0 spiro atoms. The van der Waals surface area contributed by atoms with Crippen molar-refractivity contribution in [3.8, 4) is 0 Å². The molecule has 14 heavy (non-hydrogen) atoms. The highest BCUT2D eigenvalue weighted by molar-refractivity contribution is 6.31. The summed E-state index contributed by atoms with van der Waals surface area (Å²) in [5.41, 5.74) is 0.0972. The first-order valence-electron chi connectivity index (χ1n) is 3.61. The normalized spacial score (nSPS) is 11.4. The van der Waals surface area contributed by atoms with Crippen LogP contribution in [0.2, 0.25) is 5.02 Å². The fourth-order valence-electron chi connectivity index (χ4n) is 1.08. The number of pyridine rings is 1. The van der Waals surface area contributed by atoms with Gasteiger partial charge in [-0.2, -0.15) is 4.73 Å². The van der Waals surface area contributed by atoms with Gasteiger partial charge in [0.1, 0.15) is 5.52 Å². The van der Waals surface area contributed by atoms with E-state index in [-0.39, 0.29) is 16.2 Å². The van der Waals surface area contributed by atoms with Crippen LogP contribution in [0.1, 0.15) is 12.2 Å². The van der Waals surface area contributed by atoms with E-state index in [4.69, 9.17) is 11.6 Å². The Morgan fingerprint density at radius 1 is 1.50 bits per heavy atom. The van der Waals surface area contributed by atoms with Gasteiger partial charge in [-0.1, -0.05) is 11.6 Å². The molecule has 0 atom stereocenters. The van der Waals surface area contributed by atoms with Crippen molar-refractivity contribution in [2.45, 2.75) is 6.43 Å². The summed E-state index contributed by atoms with van der Waals surface area (Å²) in [6, 6.07) is 1.31. The second-order valence-electron chi connectivity index (χ2n) is 2.58. The van der Waals surface area contributed by atoms with Gasteiger partial charge in [0.25, 0.3) is 6.43 Å². The van der Waals surface area contributed by atoms with Crippen LogP contribution >= 0.6 is 11.6 Å². The molecule has 1 N–H and O–H groups in total. The highest BCUT2D eigenvalue weighted by atomic mass is 35.5. The summed E-state index contributed by atoms with van der Waals surface area (Å²) in [7, 11) is 0. The third kappa shape index (κ3) is 1.27. The second kappa shape index (κ2) is 3.06. The van der Waals surface area contributed by atoms with Crippen LogP contribution in [0, 0.1) is 0 Å². The Bertz CT molecular complexity index is 485. The molecule has 0 aliphatic heterocycles. The highest BCUT2D eigenvalue weighted by Crippen LogP contribution is 2.23. The lowest BCUT2D eigenvalue weighted by Gasteiger charge is -1.97. The minimum atomic E-state index is -2.85. The van der Waals surface area contributed by atoms with Crippen molar-refractivity contribution in [3.63, 3.8) is 0 Å². The zero-order valence-corrected chi connectivity index (χ0v) is 7.41. The monoisotopic (exact) mass is 219 g/mol. The number of hydrogen-bond acceptors (Lipinski definition) is 3. The number of alkyl halides is 2. The van der Waals surface area contributed by atoms with Gasteiger partial charge < -0.3 is 5.21 Å². The molecule has 0 aliphatic rings. The topological polar surface area (TPSA) is 50.9 Å². The Labute approximate surface area is 81.7 Å². The van der Waals surface area contributed by atoms with Gasteiger partial charge in [-0.15, -0.1) is 0 Å². The molecular weight excluding hydrogens is 216 g/mol. The maximum Gasteiger partial charge on any atom is 0.298 e. The maximum atomic E-state index is 12.3. The fraction of sp³-hybridized carbons (Fsp3) is 0.143. The van der Waals surface area contributed by atoms with Crippen LogP contribution in [0.3, 0.4) is 0 Å². The Morgan fingerprint density at radius 2 is 2.21 bits per heavy atom. The van der Waals surface area contributed by atoms with E-state index in [1.54, 1.807) is 0 Å². The molecule has 2 aromatic rings. The Morgan fingerprint density at radius 3 is 2.86 bits per heavy atom. The molecule has 74 valence electrons. The predicted octanol–water partition coefficient (Wildman–Crippen LogP) is 2.26. The van der Waals surface area contributed by atoms with E-state index in [1.807, 2.05) is 0 Å². The zero-order valence-electron chi connectivity index (χ0n) is 6.65. The smallest absolute Gasteiger partial charge is 0.298 e. The van der Waals surface area contributed by atoms with Crippen LogP contribution < -0.4 is 0 Å². The van der Waals surface area contributed by atoms with E-state index in [1.165, 1.54) is 12.3 Å². The van der Waals surface area contributed by atoms with Crippen LogP contribution in [0.5, 0.6) is 0 Å². The number of aromatic nitrogens is 3. The highest BCUT2D eigenvalue weighted by Gasteiger charge is 2.19. The quantitative estimate of drug-likeness (QED) is 0.749. The lowest BCUT2D eigenvalue weighted by molar-refractivity contribution is 0.0948. The average molecular weight is 220 g/mol. The number of imidazole rings is 1. The summed E-state index contributed by atoms with van der Waals surface area (Å²) in [6.45, 7) is 0. The molecule has 0 aromatic carbocycles. The number of fused-ring (bicyclic) bond motifs is 1. The Balaban J connectivity index is 2.74. The third-order valence-electron chi connectivity index (χ3n) is 1.67. The van der Waals surface area contributed by atoms with Crippen molar-refractivity contribution in [1.29, 1.82) is 0 Å². The van der Waals surface area contributed by atoms with Gasteiger partial charge in [-0.25, -0.2) is 18.7 Å². The van der Waals surface area contributed by atoms with Gasteiger partial charge in [-0.3, -0.25) is 0 Å². The second-order valence-corrected chi connectivity index (χ2v) is 3.02. The average Bonchev–Trinajstić information content (AvgIpc) is 2.44. The molecule has 7 heteroatoms. The van der Waals surface area contributed by atoms with Crippen LogP contribution in [0.4, 0.5) is 8.78 Å². The molecule has 2 heterocycles. The summed E-state index contributed by atoms with van der Waals surface area (Å²) in [6.07, 6.45) is -1.58. The van der Waals surface area contributed by atoms with Gasteiger partial charge >= 0.3 is 0 Å². The molecule has 0 saturated heterocycles. The minimum Gasteiger partial charge on any atom is -0.426 e. The summed E-state index contributed by atoms with van der Waals surface area (Å²) in [5.74, 6) is -0.741. The lowest BCUT2D eigenvalue weighted by atomic mass is 10.4. The SMILES string of the molecule is On1c(C(F)F)nc2ncc(Cl)cc21. The summed E-state index contributed by atoms with van der Waals surface area (Å²) in [4.78, 5) is 7.13. The van der Waals surface area contributed by atoms with Crippen molar-refractivity contribution in [1.82, 2.24) is 14.7 Å². The van der Waals surface area contributed by atoms with Gasteiger partial charge in [0.05, 0.1) is 5.02 Å². The first-order chi connectivity index (χ1) is 6.59. The van der Waals surface area contributed by atoms with Crippen LogP contribution in [-0.4, -0.2) is 19.9 Å². The Hall–Kier alpha value is -1.43. The first-order valence-corrected chi connectivity index (χ1v) is 3.98. The van der Waals surface area contributed by atoms with Gasteiger partial charge in [-0.05, 0) is 6.07 Å². The largest absolute Gasteiger partial charge is 0.426 e. The Kier molecular flexibility index (Phi) is 1.99. The molecule has 0 saturated carbocycles. The fourth-order valence-corrected chi connectivity index (χ4v) is 1.24. The van der Waals surface area contributed by atoms with Crippen molar-refractivity contribution in [2.24, 2.45) is 0 Å². The maximum absolute atomic E-state index is 12.3. The van der Waals surface area contributed by atoms with Crippen molar-refractivity contribution >= 4 is 22.8 Å². The molecule has 4 nitrogen and oxygen atoms in total. The van der Waals surface area contributed by atoms with Crippen molar-refractivity contribution < 1.29 is 14.0 Å². The molecule has 0 unspecified atom stereocenters. The van der Waals surface area contributed by atoms with E-state index >= 15 is 0 Å². The number of halogens is 3. The third-order valence-corrected chi connectivity index (χ3v) is 1.88. The summed E-state index contributed by atoms with van der Waals surface area (Å²) in [5, 5.41) is 9.50. The molecule has 0 radical (unpaired) electrons. The van der Waals surface area contributed by atoms with Crippen molar-refractivity contribution in [3.05, 3.63) is 23.1 Å². The molecule has 0 fully saturated rings. The summed E-state index contributed by atoms with van der Waals surface area (Å²) >= 11 is 5.58. The number of nitrogens with zero attached hydrogens (tertiary/aromatic N) is 3. The summed E-state index contributed by atoms with van der Waals surface area (Å²) < 4.78 is 24.8. The molecule has 0 bridgehead atoms. The molecule has 2 aromatic heterocycles. The molecule has 0 aliphatic carbocycles. The van der Waals surface area contributed by atoms with Crippen molar-refractivity contribution in [2.75, 3.05) is 0 Å². The van der Waals surface area contributed by atoms with E-state index in [2.05, 4.69) is 9.97 Å². The number of rotatable bonds is 1. The van der Waals surface area contributed by atoms with Gasteiger partial charge in [0, 0.05) is 6.20 Å². The molecule has 0 amide bonds. The van der Waals surface area contributed by atoms with E-state index in [0.29, 0.717) is 4.73 Å². The van der Waals surface area contributed by atoms with Crippen LogP contribution in [-0.2, 0) is 0 Å². The van der Waals surface area contributed by atoms with E-state index in [0.717, 1.165) is 0 Å². The predicted molar refractivity (Wildman–Crippen MR) is 44.7 cm³/mol. The van der Waals surface area contributed by atoms with Crippen LogP contribution in [0.25, 0.3) is 11.2 Å². The van der Waals surface area contributed by atoms with Gasteiger partial charge in [0.15, 0.2) is 5.65 Å². The van der Waals surface area contributed by atoms with E-state index in [9.17, 15) is 14.0 Å². The lowest BCUT2D eigenvalue weighted by Crippen LogP contribution is -1.98. The van der Waals surface area contributed by atoms with Gasteiger partial charge in [0.2, 0.25) is 5.82 Å². The number of hydrogen-bond donors (Lipinski definition) is 1. The zero-order chi connectivity index (χ0) is 10.3. The van der Waals surface area contributed by atoms with Crippen LogP contribution in [0.15, 0.2) is 12.3 Å².